The number of hydroxylamine groups is 2. The number of likely N-dealkylation sites (N-methyl/N-ethyl adjacent to an activating group) is 1. The molecule has 1 aliphatic rings. The standard InChI is InChI=1S/C20H23N3O5S/c1-20(2)18(25)22(19(26)21(20)3)10-16(23(27)13-24)11-28-17-6-4-14(5-7-17)15-8-9-29-12-15/h4-9,12-13,16,27H,10-11H2,1-3H3. The van der Waals surface area contributed by atoms with E-state index in [1.54, 1.807) is 37.3 Å². The van der Waals surface area contributed by atoms with E-state index in [1.807, 2.05) is 29.0 Å². The summed E-state index contributed by atoms with van der Waals surface area (Å²) in [5.41, 5.74) is 1.17. The Bertz CT molecular complexity index is 882. The van der Waals surface area contributed by atoms with Gasteiger partial charge in [-0.1, -0.05) is 12.1 Å². The first-order valence-electron chi connectivity index (χ1n) is 9.03. The number of hydrogen-bond acceptors (Lipinski definition) is 6. The minimum Gasteiger partial charge on any atom is -0.491 e. The monoisotopic (exact) mass is 417 g/mol. The molecule has 3 rings (SSSR count). The van der Waals surface area contributed by atoms with Crippen molar-refractivity contribution >= 4 is 29.7 Å². The topological polar surface area (TPSA) is 90.4 Å². The van der Waals surface area contributed by atoms with Crippen LogP contribution in [0.4, 0.5) is 4.79 Å². The fraction of sp³-hybridized carbons (Fsp3) is 0.350. The average molecular weight is 417 g/mol. The van der Waals surface area contributed by atoms with Gasteiger partial charge in [-0.25, -0.2) is 9.86 Å². The predicted octanol–water partition coefficient (Wildman–Crippen LogP) is 2.68. The maximum absolute atomic E-state index is 12.6. The Balaban J connectivity index is 1.68. The quantitative estimate of drug-likeness (QED) is 0.309. The van der Waals surface area contributed by atoms with Crippen molar-refractivity contribution < 1.29 is 24.3 Å². The van der Waals surface area contributed by atoms with Crippen LogP contribution in [-0.2, 0) is 9.59 Å². The maximum Gasteiger partial charge on any atom is 0.327 e. The maximum atomic E-state index is 12.6. The van der Waals surface area contributed by atoms with Gasteiger partial charge in [-0.2, -0.15) is 11.3 Å². The van der Waals surface area contributed by atoms with Gasteiger partial charge in [0.05, 0.1) is 6.54 Å². The van der Waals surface area contributed by atoms with E-state index in [9.17, 15) is 19.6 Å². The van der Waals surface area contributed by atoms with Gasteiger partial charge in [0, 0.05) is 7.05 Å². The second kappa shape index (κ2) is 8.22. The normalized spacial score (nSPS) is 16.8. The van der Waals surface area contributed by atoms with Gasteiger partial charge >= 0.3 is 6.03 Å². The first-order chi connectivity index (χ1) is 13.8. The smallest absolute Gasteiger partial charge is 0.327 e. The summed E-state index contributed by atoms with van der Waals surface area (Å²) < 4.78 is 5.70. The predicted molar refractivity (Wildman–Crippen MR) is 108 cm³/mol. The Hall–Kier alpha value is -2.91. The number of rotatable bonds is 8. The third-order valence-electron chi connectivity index (χ3n) is 5.15. The minimum absolute atomic E-state index is 0.0890. The van der Waals surface area contributed by atoms with Crippen LogP contribution in [0, 0.1) is 0 Å². The van der Waals surface area contributed by atoms with Crippen molar-refractivity contribution in [2.75, 3.05) is 20.2 Å². The molecule has 1 aromatic carbocycles. The Labute approximate surface area is 172 Å². The number of nitrogens with zero attached hydrogens (tertiary/aromatic N) is 3. The molecule has 1 N–H and O–H groups in total. The van der Waals surface area contributed by atoms with Crippen molar-refractivity contribution in [3.63, 3.8) is 0 Å². The highest BCUT2D eigenvalue weighted by molar-refractivity contribution is 7.08. The van der Waals surface area contributed by atoms with E-state index in [0.29, 0.717) is 10.8 Å². The zero-order chi connectivity index (χ0) is 21.2. The summed E-state index contributed by atoms with van der Waals surface area (Å²) in [5.74, 6) is 0.152. The number of thiophene rings is 1. The van der Waals surface area contributed by atoms with Gasteiger partial charge in [0.2, 0.25) is 6.41 Å². The molecule has 1 aromatic heterocycles. The third-order valence-corrected chi connectivity index (χ3v) is 5.83. The molecule has 154 valence electrons. The van der Waals surface area contributed by atoms with Gasteiger partial charge in [-0.3, -0.25) is 19.7 Å². The van der Waals surface area contributed by atoms with Crippen molar-refractivity contribution in [3.05, 3.63) is 41.1 Å². The Morgan fingerprint density at radius 1 is 1.21 bits per heavy atom. The summed E-state index contributed by atoms with van der Waals surface area (Å²) in [7, 11) is 1.54. The number of benzene rings is 1. The lowest BCUT2D eigenvalue weighted by Gasteiger charge is -2.26. The molecule has 0 aliphatic carbocycles. The van der Waals surface area contributed by atoms with Gasteiger partial charge < -0.3 is 9.64 Å². The van der Waals surface area contributed by atoms with Crippen LogP contribution < -0.4 is 4.74 Å². The molecule has 8 nitrogen and oxygen atoms in total. The zero-order valence-electron chi connectivity index (χ0n) is 16.4. The van der Waals surface area contributed by atoms with Crippen molar-refractivity contribution in [1.82, 2.24) is 14.9 Å². The number of carbonyl (C=O) groups is 3. The van der Waals surface area contributed by atoms with Crippen molar-refractivity contribution in [2.24, 2.45) is 0 Å². The summed E-state index contributed by atoms with van der Waals surface area (Å²) in [4.78, 5) is 38.4. The largest absolute Gasteiger partial charge is 0.491 e. The van der Waals surface area contributed by atoms with Gasteiger partial charge in [0.15, 0.2) is 0 Å². The van der Waals surface area contributed by atoms with Gasteiger partial charge in [-0.15, -0.1) is 0 Å². The van der Waals surface area contributed by atoms with E-state index in [2.05, 4.69) is 0 Å². The van der Waals surface area contributed by atoms with E-state index >= 15 is 0 Å². The highest BCUT2D eigenvalue weighted by Gasteiger charge is 2.50. The number of ether oxygens (including phenoxy) is 1. The second-order valence-corrected chi connectivity index (χ2v) is 8.08. The molecule has 1 aliphatic heterocycles. The van der Waals surface area contributed by atoms with Crippen molar-refractivity contribution in [3.8, 4) is 16.9 Å². The van der Waals surface area contributed by atoms with Crippen LogP contribution >= 0.6 is 11.3 Å². The van der Waals surface area contributed by atoms with Crippen LogP contribution in [0.3, 0.4) is 0 Å². The fourth-order valence-corrected chi connectivity index (χ4v) is 3.68. The molecule has 1 unspecified atom stereocenters. The number of imide groups is 1. The highest BCUT2D eigenvalue weighted by atomic mass is 32.1. The summed E-state index contributed by atoms with van der Waals surface area (Å²) in [5, 5.41) is 14.4. The summed E-state index contributed by atoms with van der Waals surface area (Å²) in [6, 6.07) is 8.03. The average Bonchev–Trinajstić information content (AvgIpc) is 3.30. The summed E-state index contributed by atoms with van der Waals surface area (Å²) in [6.45, 7) is 3.02. The van der Waals surface area contributed by atoms with Crippen LogP contribution in [0.1, 0.15) is 13.8 Å². The molecular formula is C20H23N3O5S. The Morgan fingerprint density at radius 3 is 2.41 bits per heavy atom. The molecule has 1 atom stereocenters. The zero-order valence-corrected chi connectivity index (χ0v) is 17.3. The van der Waals surface area contributed by atoms with Gasteiger partial charge in [0.1, 0.15) is 23.9 Å². The number of amides is 4. The summed E-state index contributed by atoms with van der Waals surface area (Å²) in [6.07, 6.45) is 0.230. The molecule has 29 heavy (non-hydrogen) atoms. The minimum atomic E-state index is -0.985. The molecule has 0 spiro atoms. The highest BCUT2D eigenvalue weighted by Crippen LogP contribution is 2.27. The van der Waals surface area contributed by atoms with E-state index in [0.717, 1.165) is 16.0 Å². The van der Waals surface area contributed by atoms with Crippen LogP contribution in [0.2, 0.25) is 0 Å². The molecule has 0 saturated carbocycles. The molecule has 2 heterocycles. The first-order valence-corrected chi connectivity index (χ1v) is 9.97. The van der Waals surface area contributed by atoms with E-state index < -0.39 is 23.5 Å². The lowest BCUT2D eigenvalue weighted by Crippen LogP contribution is -2.48. The molecule has 2 aromatic rings. The van der Waals surface area contributed by atoms with Crippen molar-refractivity contribution in [2.45, 2.75) is 25.4 Å². The Kier molecular flexibility index (Phi) is 5.90. The van der Waals surface area contributed by atoms with Crippen LogP contribution in [0.25, 0.3) is 11.1 Å². The lowest BCUT2D eigenvalue weighted by molar-refractivity contribution is -0.165. The molecule has 0 bridgehead atoms. The SMILES string of the molecule is CN1C(=O)N(CC(COc2ccc(-c3ccsc3)cc2)N(O)C=O)C(=O)C1(C)C. The van der Waals surface area contributed by atoms with E-state index in [-0.39, 0.29) is 19.6 Å². The lowest BCUT2D eigenvalue weighted by atomic mass is 10.1. The fourth-order valence-electron chi connectivity index (χ4n) is 3.02. The molecule has 1 saturated heterocycles. The van der Waals surface area contributed by atoms with E-state index in [1.165, 1.54) is 11.9 Å². The number of carbonyl (C=O) groups excluding carboxylic acids is 3. The van der Waals surface area contributed by atoms with Crippen LogP contribution in [0.15, 0.2) is 41.1 Å². The third kappa shape index (κ3) is 4.10. The molecule has 1 fully saturated rings. The molecule has 9 heteroatoms. The molecule has 0 radical (unpaired) electrons. The molecular weight excluding hydrogens is 394 g/mol. The van der Waals surface area contributed by atoms with Gasteiger partial charge in [-0.05, 0) is 53.9 Å². The van der Waals surface area contributed by atoms with Gasteiger partial charge in [0.25, 0.3) is 5.91 Å². The van der Waals surface area contributed by atoms with Crippen molar-refractivity contribution in [1.29, 1.82) is 0 Å². The van der Waals surface area contributed by atoms with E-state index in [4.69, 9.17) is 4.74 Å². The summed E-state index contributed by atoms with van der Waals surface area (Å²) >= 11 is 1.61. The molecule has 4 amide bonds. The van der Waals surface area contributed by atoms with Crippen LogP contribution in [-0.4, -0.2) is 70.2 Å². The van der Waals surface area contributed by atoms with Crippen LogP contribution in [0.5, 0.6) is 5.75 Å². The number of hydrogen-bond donors (Lipinski definition) is 1. The number of urea groups is 1. The first kappa shape index (κ1) is 20.8. The second-order valence-electron chi connectivity index (χ2n) is 7.30. The Morgan fingerprint density at radius 2 is 1.90 bits per heavy atom.